The third kappa shape index (κ3) is 3.65. The van der Waals surface area contributed by atoms with Crippen LogP contribution in [-0.2, 0) is 11.3 Å². The smallest absolute Gasteiger partial charge is 0.220 e. The van der Waals surface area contributed by atoms with Gasteiger partial charge in [0.05, 0.1) is 12.2 Å². The Kier molecular flexibility index (Phi) is 5.02. The second kappa shape index (κ2) is 7.58. The van der Waals surface area contributed by atoms with Crippen LogP contribution >= 0.6 is 0 Å². The van der Waals surface area contributed by atoms with E-state index in [0.29, 0.717) is 31.3 Å². The summed E-state index contributed by atoms with van der Waals surface area (Å²) in [7, 11) is 2.16. The van der Waals surface area contributed by atoms with Gasteiger partial charge >= 0.3 is 0 Å². The number of rotatable bonds is 6. The zero-order valence-electron chi connectivity index (χ0n) is 15.4. The van der Waals surface area contributed by atoms with Gasteiger partial charge in [0, 0.05) is 37.0 Å². The van der Waals surface area contributed by atoms with Crippen molar-refractivity contribution in [2.45, 2.75) is 38.1 Å². The number of hydrogen-bond acceptors (Lipinski definition) is 4. The van der Waals surface area contributed by atoms with Crippen molar-refractivity contribution in [1.29, 1.82) is 0 Å². The van der Waals surface area contributed by atoms with Gasteiger partial charge in [-0.1, -0.05) is 12.2 Å². The van der Waals surface area contributed by atoms with E-state index in [1.807, 2.05) is 16.9 Å². The highest BCUT2D eigenvalue weighted by atomic mass is 16.1. The van der Waals surface area contributed by atoms with Crippen LogP contribution in [0.4, 0.5) is 0 Å². The van der Waals surface area contributed by atoms with Gasteiger partial charge < -0.3 is 10.2 Å². The number of fused-ring (bicyclic) bond motifs is 1. The molecule has 0 spiro atoms. The molecule has 4 rings (SSSR count). The Bertz CT molecular complexity index is 812. The van der Waals surface area contributed by atoms with Crippen LogP contribution in [0.1, 0.15) is 37.3 Å². The monoisotopic (exact) mass is 353 g/mol. The predicted octanol–water partition coefficient (Wildman–Crippen LogP) is 2.32. The molecule has 1 amide bonds. The highest BCUT2D eigenvalue weighted by Gasteiger charge is 2.26. The van der Waals surface area contributed by atoms with E-state index in [4.69, 9.17) is 5.10 Å². The molecule has 1 saturated heterocycles. The Balaban J connectivity index is 1.41. The summed E-state index contributed by atoms with van der Waals surface area (Å²) in [5, 5.41) is 9.06. The van der Waals surface area contributed by atoms with Gasteiger partial charge in [-0.15, -0.1) is 0 Å². The van der Waals surface area contributed by atoms with Gasteiger partial charge in [-0.3, -0.25) is 4.79 Å². The van der Waals surface area contributed by atoms with E-state index in [2.05, 4.69) is 40.5 Å². The Hall–Kier alpha value is -2.21. The van der Waals surface area contributed by atoms with E-state index in [0.717, 1.165) is 49.1 Å². The molecule has 6 nitrogen and oxygen atoms in total. The summed E-state index contributed by atoms with van der Waals surface area (Å²) in [6.07, 6.45) is 10.1. The third-order valence-electron chi connectivity index (χ3n) is 5.52. The molecule has 1 N–H and O–H groups in total. The van der Waals surface area contributed by atoms with Crippen LogP contribution in [0.5, 0.6) is 0 Å². The molecule has 2 atom stereocenters. The van der Waals surface area contributed by atoms with Crippen LogP contribution in [0.3, 0.4) is 0 Å². The summed E-state index contributed by atoms with van der Waals surface area (Å²) in [5.74, 6) is 1.01. The lowest BCUT2D eigenvalue weighted by Gasteiger charge is -2.09. The first-order chi connectivity index (χ1) is 12.7. The SMILES string of the molecule is CN1CCC(c2nn(CCNC(=O)CC3C=CCC3)c3ncccc23)C1. The fourth-order valence-electron chi connectivity index (χ4n) is 4.13. The lowest BCUT2D eigenvalue weighted by Crippen LogP contribution is -2.28. The molecule has 6 heteroatoms. The van der Waals surface area contributed by atoms with Gasteiger partial charge in [-0.05, 0) is 50.9 Å². The molecule has 0 radical (unpaired) electrons. The summed E-state index contributed by atoms with van der Waals surface area (Å²) in [6.45, 7) is 3.41. The minimum absolute atomic E-state index is 0.128. The lowest BCUT2D eigenvalue weighted by molar-refractivity contribution is -0.121. The van der Waals surface area contributed by atoms with E-state index in [9.17, 15) is 4.79 Å². The Morgan fingerprint density at radius 1 is 1.38 bits per heavy atom. The van der Waals surface area contributed by atoms with Crippen LogP contribution in [0.15, 0.2) is 30.5 Å². The molecule has 2 aromatic rings. The van der Waals surface area contributed by atoms with E-state index < -0.39 is 0 Å². The summed E-state index contributed by atoms with van der Waals surface area (Å²) >= 11 is 0. The normalized spacial score (nSPS) is 23.1. The second-order valence-electron chi connectivity index (χ2n) is 7.55. The maximum absolute atomic E-state index is 12.1. The summed E-state index contributed by atoms with van der Waals surface area (Å²) in [5.41, 5.74) is 2.07. The van der Waals surface area contributed by atoms with Crippen molar-refractivity contribution in [3.63, 3.8) is 0 Å². The van der Waals surface area contributed by atoms with Crippen LogP contribution in [0.25, 0.3) is 11.0 Å². The zero-order chi connectivity index (χ0) is 17.9. The number of carbonyl (C=O) groups is 1. The Labute approximate surface area is 154 Å². The number of likely N-dealkylation sites (tertiary alicyclic amines) is 1. The number of amides is 1. The fraction of sp³-hybridized carbons (Fsp3) is 0.550. The summed E-state index contributed by atoms with van der Waals surface area (Å²) in [6, 6.07) is 4.10. The molecule has 26 heavy (non-hydrogen) atoms. The van der Waals surface area contributed by atoms with Crippen molar-refractivity contribution in [2.24, 2.45) is 5.92 Å². The molecule has 1 aliphatic heterocycles. The predicted molar refractivity (Wildman–Crippen MR) is 102 cm³/mol. The van der Waals surface area contributed by atoms with Gasteiger partial charge in [0.1, 0.15) is 0 Å². The van der Waals surface area contributed by atoms with E-state index in [-0.39, 0.29) is 5.91 Å². The number of aromatic nitrogens is 3. The third-order valence-corrected chi connectivity index (χ3v) is 5.52. The number of likely N-dealkylation sites (N-methyl/N-ethyl adjacent to an activating group) is 1. The summed E-state index contributed by atoms with van der Waals surface area (Å²) in [4.78, 5) is 19.0. The molecule has 2 aliphatic rings. The van der Waals surface area contributed by atoms with Gasteiger partial charge in [-0.2, -0.15) is 5.10 Å². The maximum atomic E-state index is 12.1. The maximum Gasteiger partial charge on any atom is 0.220 e. The number of nitrogens with zero attached hydrogens (tertiary/aromatic N) is 4. The quantitative estimate of drug-likeness (QED) is 0.810. The summed E-state index contributed by atoms with van der Waals surface area (Å²) < 4.78 is 1.96. The molecule has 1 fully saturated rings. The second-order valence-corrected chi connectivity index (χ2v) is 7.55. The Morgan fingerprint density at radius 3 is 3.08 bits per heavy atom. The zero-order valence-corrected chi connectivity index (χ0v) is 15.4. The van der Waals surface area contributed by atoms with Crippen LogP contribution in [0, 0.1) is 5.92 Å². The lowest BCUT2D eigenvalue weighted by atomic mass is 10.0. The van der Waals surface area contributed by atoms with E-state index in [1.165, 1.54) is 0 Å². The first kappa shape index (κ1) is 17.2. The molecular formula is C20H27N5O. The molecular weight excluding hydrogens is 326 g/mol. The molecule has 0 bridgehead atoms. The highest BCUT2D eigenvalue weighted by molar-refractivity contribution is 5.79. The number of pyridine rings is 1. The van der Waals surface area contributed by atoms with Gasteiger partial charge in [-0.25, -0.2) is 9.67 Å². The van der Waals surface area contributed by atoms with Gasteiger partial charge in [0.2, 0.25) is 5.91 Å². The standard InChI is InChI=1S/C20H27N5O/c1-24-11-8-16(14-24)19-17-7-4-9-22-20(17)25(23-19)12-10-21-18(26)13-15-5-2-3-6-15/h2,4-5,7,9,15-16H,3,6,8,10-14H2,1H3,(H,21,26). The minimum atomic E-state index is 0.128. The number of allylic oxidation sites excluding steroid dienone is 2. The van der Waals surface area contributed by atoms with Gasteiger partial charge in [0.15, 0.2) is 5.65 Å². The van der Waals surface area contributed by atoms with Crippen molar-refractivity contribution in [3.8, 4) is 0 Å². The average molecular weight is 353 g/mol. The van der Waals surface area contributed by atoms with Crippen molar-refractivity contribution >= 4 is 16.9 Å². The van der Waals surface area contributed by atoms with Crippen LogP contribution in [0.2, 0.25) is 0 Å². The van der Waals surface area contributed by atoms with E-state index >= 15 is 0 Å². The largest absolute Gasteiger partial charge is 0.354 e. The molecule has 3 heterocycles. The number of nitrogens with one attached hydrogen (secondary N) is 1. The number of hydrogen-bond donors (Lipinski definition) is 1. The molecule has 0 aromatic carbocycles. The number of carbonyl (C=O) groups excluding carboxylic acids is 1. The first-order valence-corrected chi connectivity index (χ1v) is 9.64. The molecule has 1 aliphatic carbocycles. The molecule has 0 saturated carbocycles. The molecule has 138 valence electrons. The van der Waals surface area contributed by atoms with Crippen LogP contribution < -0.4 is 5.32 Å². The average Bonchev–Trinajstić information content (AvgIpc) is 3.36. The van der Waals surface area contributed by atoms with Crippen molar-refractivity contribution in [3.05, 3.63) is 36.2 Å². The van der Waals surface area contributed by atoms with Crippen LogP contribution in [-0.4, -0.2) is 52.3 Å². The van der Waals surface area contributed by atoms with Gasteiger partial charge in [0.25, 0.3) is 0 Å². The Morgan fingerprint density at radius 2 is 2.31 bits per heavy atom. The first-order valence-electron chi connectivity index (χ1n) is 9.64. The minimum Gasteiger partial charge on any atom is -0.354 e. The molecule has 2 unspecified atom stereocenters. The molecule has 2 aromatic heterocycles. The highest BCUT2D eigenvalue weighted by Crippen LogP contribution is 2.30. The van der Waals surface area contributed by atoms with E-state index in [1.54, 1.807) is 0 Å². The van der Waals surface area contributed by atoms with Crippen molar-refractivity contribution < 1.29 is 4.79 Å². The van der Waals surface area contributed by atoms with Crippen molar-refractivity contribution in [2.75, 3.05) is 26.7 Å². The van der Waals surface area contributed by atoms with Crippen molar-refractivity contribution in [1.82, 2.24) is 25.0 Å². The fourth-order valence-corrected chi connectivity index (χ4v) is 4.13. The topological polar surface area (TPSA) is 63.1 Å².